The van der Waals surface area contributed by atoms with Gasteiger partial charge in [-0.1, -0.05) is 6.07 Å². The molecule has 0 fully saturated rings. The number of hydrogen-bond donors (Lipinski definition) is 3. The number of carbonyl (C=O) groups is 2. The van der Waals surface area contributed by atoms with E-state index in [4.69, 9.17) is 9.84 Å². The first-order valence-corrected chi connectivity index (χ1v) is 7.34. The molecule has 0 bridgehead atoms. The zero-order valence-corrected chi connectivity index (χ0v) is 13.7. The molecule has 24 heavy (non-hydrogen) atoms. The summed E-state index contributed by atoms with van der Waals surface area (Å²) in [4.78, 5) is 22.9. The van der Waals surface area contributed by atoms with Gasteiger partial charge in [-0.25, -0.2) is 4.79 Å². The van der Waals surface area contributed by atoms with Crippen LogP contribution >= 0.6 is 0 Å². The molecule has 2 aromatic carbocycles. The summed E-state index contributed by atoms with van der Waals surface area (Å²) in [5.74, 6) is -1.24. The van der Waals surface area contributed by atoms with Crippen molar-refractivity contribution in [2.24, 2.45) is 0 Å². The van der Waals surface area contributed by atoms with Gasteiger partial charge in [-0.3, -0.25) is 4.79 Å². The maximum Gasteiger partial charge on any atom is 0.335 e. The highest BCUT2D eigenvalue weighted by molar-refractivity contribution is 5.96. The molecular formula is C18H19NO5. The molecule has 126 valence electrons. The first kappa shape index (κ1) is 17.3. The molecule has 2 rings (SSSR count). The summed E-state index contributed by atoms with van der Waals surface area (Å²) in [7, 11) is 0. The van der Waals surface area contributed by atoms with Gasteiger partial charge in [0.15, 0.2) is 6.61 Å². The fraction of sp³-hybridized carbons (Fsp3) is 0.222. The number of aromatic hydroxyl groups is 1. The lowest BCUT2D eigenvalue weighted by molar-refractivity contribution is -0.118. The maximum absolute atomic E-state index is 12.0. The van der Waals surface area contributed by atoms with Crippen LogP contribution in [0.5, 0.6) is 11.5 Å². The smallest absolute Gasteiger partial charge is 0.335 e. The Bertz CT molecular complexity index is 798. The van der Waals surface area contributed by atoms with Crippen LogP contribution in [0.1, 0.15) is 27.0 Å². The third-order valence-corrected chi connectivity index (χ3v) is 3.64. The lowest BCUT2D eigenvalue weighted by atomic mass is 10.1. The third kappa shape index (κ3) is 4.04. The molecule has 0 spiro atoms. The highest BCUT2D eigenvalue weighted by Crippen LogP contribution is 2.25. The van der Waals surface area contributed by atoms with Gasteiger partial charge in [-0.2, -0.15) is 0 Å². The summed E-state index contributed by atoms with van der Waals surface area (Å²) in [6.07, 6.45) is 0. The molecule has 1 amide bonds. The summed E-state index contributed by atoms with van der Waals surface area (Å²) in [6, 6.07) is 7.53. The van der Waals surface area contributed by atoms with E-state index in [0.29, 0.717) is 5.75 Å². The normalized spacial score (nSPS) is 10.3. The van der Waals surface area contributed by atoms with Crippen LogP contribution in [0.15, 0.2) is 30.3 Å². The number of aromatic carboxylic acids is 1. The molecule has 0 radical (unpaired) electrons. The number of carbonyl (C=O) groups excluding carboxylic acids is 1. The second-order valence-corrected chi connectivity index (χ2v) is 5.58. The van der Waals surface area contributed by atoms with Crippen molar-refractivity contribution in [3.05, 3.63) is 52.6 Å². The molecule has 0 aliphatic heterocycles. The summed E-state index contributed by atoms with van der Waals surface area (Å²) in [6.45, 7) is 5.56. The predicted octanol–water partition coefficient (Wildman–Crippen LogP) is 3.03. The topological polar surface area (TPSA) is 95.9 Å². The Labute approximate surface area is 139 Å². The minimum absolute atomic E-state index is 0.0284. The Balaban J connectivity index is 2.07. The minimum atomic E-state index is -1.15. The SMILES string of the molecule is Cc1cc(C)c(C)c(OCC(=O)Nc2cc(C(=O)O)ccc2O)c1. The number of carboxylic acid groups (broad SMARTS) is 1. The Morgan fingerprint density at radius 1 is 1.12 bits per heavy atom. The van der Waals surface area contributed by atoms with Crippen molar-refractivity contribution in [2.45, 2.75) is 20.8 Å². The van der Waals surface area contributed by atoms with E-state index in [1.165, 1.54) is 18.2 Å². The van der Waals surface area contributed by atoms with E-state index in [2.05, 4.69) is 5.32 Å². The third-order valence-electron chi connectivity index (χ3n) is 3.64. The standard InChI is InChI=1S/C18H19NO5/c1-10-6-11(2)12(3)16(7-10)24-9-17(21)19-14-8-13(18(22)23)4-5-15(14)20/h4-8,20H,9H2,1-3H3,(H,19,21)(H,22,23). The molecule has 0 aliphatic carbocycles. The highest BCUT2D eigenvalue weighted by Gasteiger charge is 2.12. The van der Waals surface area contributed by atoms with Crippen molar-refractivity contribution < 1.29 is 24.5 Å². The zero-order valence-electron chi connectivity index (χ0n) is 13.7. The van der Waals surface area contributed by atoms with Gasteiger partial charge in [0.2, 0.25) is 0 Å². The Hall–Kier alpha value is -3.02. The quantitative estimate of drug-likeness (QED) is 0.733. The summed E-state index contributed by atoms with van der Waals surface area (Å²) < 4.78 is 5.54. The summed E-state index contributed by atoms with van der Waals surface area (Å²) >= 11 is 0. The van der Waals surface area contributed by atoms with Crippen LogP contribution in [0.4, 0.5) is 5.69 Å². The molecule has 0 saturated carbocycles. The largest absolute Gasteiger partial charge is 0.506 e. The number of amides is 1. The number of phenols is 1. The Morgan fingerprint density at radius 2 is 1.83 bits per heavy atom. The van der Waals surface area contributed by atoms with Crippen LogP contribution in [-0.4, -0.2) is 28.7 Å². The molecule has 0 aliphatic rings. The average Bonchev–Trinajstić information content (AvgIpc) is 2.51. The van der Waals surface area contributed by atoms with E-state index in [1.807, 2.05) is 32.9 Å². The zero-order chi connectivity index (χ0) is 17.9. The number of anilines is 1. The van der Waals surface area contributed by atoms with Crippen molar-refractivity contribution >= 4 is 17.6 Å². The molecule has 0 atom stereocenters. The van der Waals surface area contributed by atoms with Crippen LogP contribution in [0.25, 0.3) is 0 Å². The Morgan fingerprint density at radius 3 is 2.50 bits per heavy atom. The monoisotopic (exact) mass is 329 g/mol. The summed E-state index contributed by atoms with van der Waals surface area (Å²) in [5, 5.41) is 21.1. The molecule has 3 N–H and O–H groups in total. The lowest BCUT2D eigenvalue weighted by Gasteiger charge is -2.13. The van der Waals surface area contributed by atoms with Gasteiger partial charge >= 0.3 is 5.97 Å². The number of phenolic OH excluding ortho intramolecular Hbond substituents is 1. The predicted molar refractivity (Wildman–Crippen MR) is 89.8 cm³/mol. The van der Waals surface area contributed by atoms with Gasteiger partial charge in [-0.15, -0.1) is 0 Å². The van der Waals surface area contributed by atoms with Crippen molar-refractivity contribution in [2.75, 3.05) is 11.9 Å². The van der Waals surface area contributed by atoms with E-state index >= 15 is 0 Å². The number of ether oxygens (including phenoxy) is 1. The molecule has 0 aromatic heterocycles. The van der Waals surface area contributed by atoms with Crippen molar-refractivity contribution in [3.63, 3.8) is 0 Å². The fourth-order valence-electron chi connectivity index (χ4n) is 2.25. The van der Waals surface area contributed by atoms with Crippen LogP contribution < -0.4 is 10.1 Å². The minimum Gasteiger partial charge on any atom is -0.506 e. The number of carboxylic acids is 1. The van der Waals surface area contributed by atoms with Gasteiger partial charge in [0.05, 0.1) is 11.3 Å². The van der Waals surface area contributed by atoms with Gasteiger partial charge in [0.25, 0.3) is 5.91 Å². The van der Waals surface area contributed by atoms with Crippen molar-refractivity contribution in [1.82, 2.24) is 0 Å². The molecule has 0 unspecified atom stereocenters. The number of nitrogens with one attached hydrogen (secondary N) is 1. The number of rotatable bonds is 5. The second kappa shape index (κ2) is 7.04. The van der Waals surface area contributed by atoms with Gasteiger partial charge in [0.1, 0.15) is 11.5 Å². The van der Waals surface area contributed by atoms with E-state index in [1.54, 1.807) is 0 Å². The van der Waals surface area contributed by atoms with Gasteiger partial charge in [-0.05, 0) is 61.7 Å². The van der Waals surface area contributed by atoms with E-state index < -0.39 is 11.9 Å². The second-order valence-electron chi connectivity index (χ2n) is 5.58. The number of aryl methyl sites for hydroxylation is 2. The summed E-state index contributed by atoms with van der Waals surface area (Å²) in [5.41, 5.74) is 3.04. The van der Waals surface area contributed by atoms with Gasteiger partial charge < -0.3 is 20.3 Å². The van der Waals surface area contributed by atoms with Crippen LogP contribution in [0.2, 0.25) is 0 Å². The van der Waals surface area contributed by atoms with Crippen molar-refractivity contribution in [3.8, 4) is 11.5 Å². The van der Waals surface area contributed by atoms with Crippen LogP contribution in [0.3, 0.4) is 0 Å². The van der Waals surface area contributed by atoms with E-state index in [0.717, 1.165) is 16.7 Å². The molecule has 6 heteroatoms. The van der Waals surface area contributed by atoms with Crippen molar-refractivity contribution in [1.29, 1.82) is 0 Å². The van der Waals surface area contributed by atoms with Crippen LogP contribution in [-0.2, 0) is 4.79 Å². The first-order chi connectivity index (χ1) is 11.3. The first-order valence-electron chi connectivity index (χ1n) is 7.34. The number of hydrogen-bond acceptors (Lipinski definition) is 4. The molecular weight excluding hydrogens is 310 g/mol. The Kier molecular flexibility index (Phi) is 5.08. The van der Waals surface area contributed by atoms with E-state index in [-0.39, 0.29) is 23.6 Å². The molecule has 0 heterocycles. The van der Waals surface area contributed by atoms with Gasteiger partial charge in [0, 0.05) is 0 Å². The maximum atomic E-state index is 12.0. The lowest BCUT2D eigenvalue weighted by Crippen LogP contribution is -2.20. The van der Waals surface area contributed by atoms with E-state index in [9.17, 15) is 14.7 Å². The molecule has 2 aromatic rings. The molecule has 6 nitrogen and oxygen atoms in total. The average molecular weight is 329 g/mol. The molecule has 0 saturated heterocycles. The fourth-order valence-corrected chi connectivity index (χ4v) is 2.25. The highest BCUT2D eigenvalue weighted by atomic mass is 16.5. The number of benzene rings is 2. The van der Waals surface area contributed by atoms with Crippen LogP contribution in [0, 0.1) is 20.8 Å².